The minimum Gasteiger partial charge on any atom is -0.341 e. The van der Waals surface area contributed by atoms with Gasteiger partial charge in [-0.05, 0) is 30.0 Å². The summed E-state index contributed by atoms with van der Waals surface area (Å²) >= 11 is 0. The van der Waals surface area contributed by atoms with Crippen molar-refractivity contribution in [2.45, 2.75) is 34.2 Å². The molecule has 1 N–H and O–H groups in total. The first-order chi connectivity index (χ1) is 9.85. The van der Waals surface area contributed by atoms with Gasteiger partial charge in [-0.2, -0.15) is 0 Å². The van der Waals surface area contributed by atoms with Crippen LogP contribution in [0.2, 0.25) is 0 Å². The molecule has 1 amide bonds. The van der Waals surface area contributed by atoms with Crippen molar-refractivity contribution in [3.05, 3.63) is 36.2 Å². The van der Waals surface area contributed by atoms with Crippen molar-refractivity contribution in [1.29, 1.82) is 0 Å². The fraction of sp³-hybridized carbons (Fsp3) is 0.529. The summed E-state index contributed by atoms with van der Waals surface area (Å²) in [5, 5.41) is 3.17. The Hall–Kier alpha value is -1.68. The van der Waals surface area contributed by atoms with Crippen LogP contribution in [0.15, 0.2) is 24.9 Å². The maximum atomic E-state index is 12.2. The molecule has 0 atom stereocenters. The third kappa shape index (κ3) is 6.54. The molecule has 0 radical (unpaired) electrons. The van der Waals surface area contributed by atoms with E-state index < -0.39 is 0 Å². The lowest BCUT2D eigenvalue weighted by atomic mass is 9.96. The van der Waals surface area contributed by atoms with E-state index in [-0.39, 0.29) is 11.3 Å². The number of aromatic nitrogens is 1. The quantitative estimate of drug-likeness (QED) is 0.839. The molecule has 21 heavy (non-hydrogen) atoms. The first-order valence-electron chi connectivity index (χ1n) is 7.41. The lowest BCUT2D eigenvalue weighted by Crippen LogP contribution is -2.42. The summed E-state index contributed by atoms with van der Waals surface area (Å²) in [6.45, 7) is 14.6. The molecule has 1 heterocycles. The first-order valence-corrected chi connectivity index (χ1v) is 7.41. The molecule has 0 aliphatic carbocycles. The molecule has 0 spiro atoms. The molecule has 0 bridgehead atoms. The second-order valence-corrected chi connectivity index (χ2v) is 6.36. The monoisotopic (exact) mass is 289 g/mol. The third-order valence-electron chi connectivity index (χ3n) is 3.06. The Labute approximate surface area is 128 Å². The minimum atomic E-state index is 0.117. The van der Waals surface area contributed by atoms with Crippen LogP contribution in [0.5, 0.6) is 0 Å². The number of nitrogens with zero attached hydrogens (tertiary/aromatic N) is 2. The summed E-state index contributed by atoms with van der Waals surface area (Å²) < 4.78 is 0. The number of amides is 1. The van der Waals surface area contributed by atoms with E-state index >= 15 is 0 Å². The number of carbonyl (C=O) groups excluding carboxylic acids is 1. The molecular formula is C17H27N3O. The molecule has 0 aliphatic heterocycles. The Morgan fingerprint density at radius 1 is 1.48 bits per heavy atom. The lowest BCUT2D eigenvalue weighted by Gasteiger charge is -2.29. The fourth-order valence-electron chi connectivity index (χ4n) is 2.08. The van der Waals surface area contributed by atoms with Crippen molar-refractivity contribution in [3.8, 4) is 0 Å². The first kappa shape index (κ1) is 17.4. The highest BCUT2D eigenvalue weighted by atomic mass is 16.2. The topological polar surface area (TPSA) is 45.2 Å². The second-order valence-electron chi connectivity index (χ2n) is 6.36. The normalized spacial score (nSPS) is 11.2. The second kappa shape index (κ2) is 7.93. The van der Waals surface area contributed by atoms with Crippen molar-refractivity contribution >= 4 is 12.0 Å². The van der Waals surface area contributed by atoms with Crippen molar-refractivity contribution < 1.29 is 4.79 Å². The van der Waals surface area contributed by atoms with Gasteiger partial charge >= 0.3 is 0 Å². The SMILES string of the molecule is C=Cc1ccnc(CNCC(=O)N(CC)CC(C)(C)C)c1. The van der Waals surface area contributed by atoms with E-state index in [1.54, 1.807) is 12.3 Å². The zero-order chi connectivity index (χ0) is 15.9. The predicted molar refractivity (Wildman–Crippen MR) is 87.7 cm³/mol. The van der Waals surface area contributed by atoms with E-state index in [1.807, 2.05) is 24.0 Å². The van der Waals surface area contributed by atoms with E-state index in [4.69, 9.17) is 0 Å². The summed E-state index contributed by atoms with van der Waals surface area (Å²) in [6.07, 6.45) is 3.55. The highest BCUT2D eigenvalue weighted by Crippen LogP contribution is 2.14. The number of rotatable bonds is 7. The van der Waals surface area contributed by atoms with E-state index in [2.05, 4.69) is 37.7 Å². The molecule has 0 saturated carbocycles. The molecule has 4 heteroatoms. The van der Waals surface area contributed by atoms with Crippen LogP contribution in [0, 0.1) is 5.41 Å². The van der Waals surface area contributed by atoms with Crippen molar-refractivity contribution in [1.82, 2.24) is 15.2 Å². The smallest absolute Gasteiger partial charge is 0.236 e. The molecule has 1 rings (SSSR count). The largest absolute Gasteiger partial charge is 0.341 e. The van der Waals surface area contributed by atoms with Gasteiger partial charge in [0, 0.05) is 25.8 Å². The molecule has 1 aromatic rings. The van der Waals surface area contributed by atoms with Crippen molar-refractivity contribution in [3.63, 3.8) is 0 Å². The van der Waals surface area contributed by atoms with Gasteiger partial charge in [0.1, 0.15) is 0 Å². The van der Waals surface area contributed by atoms with Gasteiger partial charge in [-0.3, -0.25) is 9.78 Å². The summed E-state index contributed by atoms with van der Waals surface area (Å²) in [7, 11) is 0. The Morgan fingerprint density at radius 2 is 2.19 bits per heavy atom. The molecular weight excluding hydrogens is 262 g/mol. The summed E-state index contributed by atoms with van der Waals surface area (Å²) in [4.78, 5) is 18.4. The lowest BCUT2D eigenvalue weighted by molar-refractivity contribution is -0.131. The van der Waals surface area contributed by atoms with Gasteiger partial charge in [0.15, 0.2) is 0 Å². The van der Waals surface area contributed by atoms with Gasteiger partial charge in [-0.15, -0.1) is 0 Å². The molecule has 4 nitrogen and oxygen atoms in total. The van der Waals surface area contributed by atoms with E-state index in [9.17, 15) is 4.79 Å². The Morgan fingerprint density at radius 3 is 2.76 bits per heavy atom. The van der Waals surface area contributed by atoms with Crippen LogP contribution in [0.25, 0.3) is 6.08 Å². The fourth-order valence-corrected chi connectivity index (χ4v) is 2.08. The maximum Gasteiger partial charge on any atom is 0.236 e. The molecule has 0 unspecified atom stereocenters. The van der Waals surface area contributed by atoms with Crippen LogP contribution in [0.4, 0.5) is 0 Å². The van der Waals surface area contributed by atoms with E-state index in [0.29, 0.717) is 13.1 Å². The summed E-state index contributed by atoms with van der Waals surface area (Å²) in [5.41, 5.74) is 2.07. The molecule has 0 aliphatic rings. The summed E-state index contributed by atoms with van der Waals surface area (Å²) in [6, 6.07) is 3.88. The average Bonchev–Trinajstić information content (AvgIpc) is 2.44. The molecule has 0 saturated heterocycles. The number of pyridine rings is 1. The number of nitrogens with one attached hydrogen (secondary N) is 1. The Balaban J connectivity index is 2.46. The van der Waals surface area contributed by atoms with Crippen LogP contribution in [0.1, 0.15) is 39.0 Å². The van der Waals surface area contributed by atoms with Crippen molar-refractivity contribution in [2.75, 3.05) is 19.6 Å². The van der Waals surface area contributed by atoms with Crippen LogP contribution in [0.3, 0.4) is 0 Å². The highest BCUT2D eigenvalue weighted by molar-refractivity contribution is 5.78. The average molecular weight is 289 g/mol. The number of hydrogen-bond donors (Lipinski definition) is 1. The van der Waals surface area contributed by atoms with Gasteiger partial charge in [0.05, 0.1) is 12.2 Å². The molecule has 0 fully saturated rings. The Bertz CT molecular complexity index is 477. The van der Waals surface area contributed by atoms with Gasteiger partial charge in [0.25, 0.3) is 0 Å². The van der Waals surface area contributed by atoms with Gasteiger partial charge in [-0.1, -0.05) is 33.4 Å². The predicted octanol–water partition coefficient (Wildman–Crippen LogP) is 2.71. The van der Waals surface area contributed by atoms with Crippen LogP contribution < -0.4 is 5.32 Å². The van der Waals surface area contributed by atoms with Crippen LogP contribution in [-0.2, 0) is 11.3 Å². The molecule has 1 aromatic heterocycles. The zero-order valence-corrected chi connectivity index (χ0v) is 13.6. The van der Waals surface area contributed by atoms with Gasteiger partial charge < -0.3 is 10.2 Å². The number of likely N-dealkylation sites (N-methyl/N-ethyl adjacent to an activating group) is 1. The minimum absolute atomic E-state index is 0.117. The maximum absolute atomic E-state index is 12.2. The number of carbonyl (C=O) groups is 1. The number of hydrogen-bond acceptors (Lipinski definition) is 3. The van der Waals surface area contributed by atoms with Crippen LogP contribution in [-0.4, -0.2) is 35.4 Å². The van der Waals surface area contributed by atoms with Crippen LogP contribution >= 0.6 is 0 Å². The molecule has 0 aromatic carbocycles. The van der Waals surface area contributed by atoms with Gasteiger partial charge in [0.2, 0.25) is 5.91 Å². The summed E-state index contributed by atoms with van der Waals surface area (Å²) in [5.74, 6) is 0.132. The third-order valence-corrected chi connectivity index (χ3v) is 3.06. The standard InChI is InChI=1S/C17H27N3O/c1-6-14-8-9-19-15(10-14)11-18-12-16(21)20(7-2)13-17(3,4)5/h6,8-10,18H,1,7,11-13H2,2-5H3. The zero-order valence-electron chi connectivity index (χ0n) is 13.6. The van der Waals surface area contributed by atoms with E-state index in [1.165, 1.54) is 0 Å². The highest BCUT2D eigenvalue weighted by Gasteiger charge is 2.19. The Kier molecular flexibility index (Phi) is 6.56. The van der Waals surface area contributed by atoms with Crippen molar-refractivity contribution in [2.24, 2.45) is 5.41 Å². The van der Waals surface area contributed by atoms with E-state index in [0.717, 1.165) is 24.3 Å². The molecule has 116 valence electrons. The van der Waals surface area contributed by atoms with Gasteiger partial charge in [-0.25, -0.2) is 0 Å².